The van der Waals surface area contributed by atoms with Gasteiger partial charge in [-0.2, -0.15) is 0 Å². The first-order chi connectivity index (χ1) is 15.7. The average molecular weight is 492 g/mol. The van der Waals surface area contributed by atoms with Crippen molar-refractivity contribution in [3.8, 4) is 0 Å². The predicted molar refractivity (Wildman–Crippen MR) is 131 cm³/mol. The number of H-pyrrole nitrogens is 1. The average Bonchev–Trinajstić information content (AvgIpc) is 3.24. The van der Waals surface area contributed by atoms with Crippen molar-refractivity contribution in [3.05, 3.63) is 43.3 Å². The third-order valence-corrected chi connectivity index (χ3v) is 7.64. The summed E-state index contributed by atoms with van der Waals surface area (Å²) in [5.41, 5.74) is 2.76. The fraction of sp³-hybridized carbons (Fsp3) is 0.478. The molecule has 178 valence electrons. The van der Waals surface area contributed by atoms with Gasteiger partial charge in [-0.1, -0.05) is 11.8 Å². The van der Waals surface area contributed by atoms with E-state index < -0.39 is 5.97 Å². The first kappa shape index (κ1) is 25.2. The van der Waals surface area contributed by atoms with Crippen LogP contribution in [-0.4, -0.2) is 52.4 Å². The van der Waals surface area contributed by atoms with Gasteiger partial charge in [0.15, 0.2) is 10.9 Å². The minimum absolute atomic E-state index is 0.0775. The van der Waals surface area contributed by atoms with Crippen LogP contribution in [0.4, 0.5) is 0 Å². The Morgan fingerprint density at radius 1 is 1.18 bits per heavy atom. The zero-order valence-electron chi connectivity index (χ0n) is 19.8. The van der Waals surface area contributed by atoms with Crippen molar-refractivity contribution in [2.24, 2.45) is 0 Å². The maximum atomic E-state index is 13.3. The third kappa shape index (κ3) is 5.07. The molecule has 10 heteroatoms. The summed E-state index contributed by atoms with van der Waals surface area (Å²) in [6, 6.07) is 0. The molecule has 3 aromatic heterocycles. The highest BCUT2D eigenvalue weighted by Crippen LogP contribution is 2.29. The molecule has 0 saturated heterocycles. The Morgan fingerprint density at radius 3 is 2.58 bits per heavy atom. The van der Waals surface area contributed by atoms with Crippen LogP contribution >= 0.6 is 23.1 Å². The molecule has 3 rings (SSSR count). The number of rotatable bonds is 10. The summed E-state index contributed by atoms with van der Waals surface area (Å²) < 4.78 is 11.9. The number of ketones is 1. The molecular weight excluding hydrogens is 462 g/mol. The molecule has 0 atom stereocenters. The standard InChI is InChI=1S/C23H29N3O5S2/c1-7-31-10-8-9-26-21(28)18-12(2)15(5)33-20(18)25-23(26)32-11-16(27)19-13(3)17(14(4)24-19)22(29)30-6/h24H,7-11H2,1-6H3. The van der Waals surface area contributed by atoms with Crippen LogP contribution in [0, 0.1) is 27.7 Å². The molecule has 0 aliphatic heterocycles. The molecule has 0 spiro atoms. The molecule has 0 saturated carbocycles. The number of carbonyl (C=O) groups is 2. The van der Waals surface area contributed by atoms with E-state index in [0.29, 0.717) is 64.1 Å². The zero-order valence-corrected chi connectivity index (χ0v) is 21.4. The van der Waals surface area contributed by atoms with E-state index in [1.165, 1.54) is 30.2 Å². The van der Waals surface area contributed by atoms with Crippen molar-refractivity contribution in [1.29, 1.82) is 0 Å². The summed E-state index contributed by atoms with van der Waals surface area (Å²) in [6.45, 7) is 10.9. The number of ether oxygens (including phenoxy) is 2. The number of aromatic amines is 1. The van der Waals surface area contributed by atoms with E-state index in [0.717, 1.165) is 10.4 Å². The van der Waals surface area contributed by atoms with Crippen LogP contribution in [0.25, 0.3) is 10.2 Å². The lowest BCUT2D eigenvalue weighted by atomic mass is 10.1. The quantitative estimate of drug-likeness (QED) is 0.149. The Kier molecular flexibility index (Phi) is 8.14. The highest BCUT2D eigenvalue weighted by Gasteiger charge is 2.23. The number of aromatic nitrogens is 3. The number of nitrogens with zero attached hydrogens (tertiary/aromatic N) is 2. The highest BCUT2D eigenvalue weighted by atomic mass is 32.2. The highest BCUT2D eigenvalue weighted by molar-refractivity contribution is 7.99. The summed E-state index contributed by atoms with van der Waals surface area (Å²) in [5, 5.41) is 1.15. The third-order valence-electron chi connectivity index (χ3n) is 5.57. The number of hydrogen-bond donors (Lipinski definition) is 1. The Balaban J connectivity index is 1.91. The second-order valence-corrected chi connectivity index (χ2v) is 9.84. The minimum atomic E-state index is -0.480. The molecule has 0 bridgehead atoms. The smallest absolute Gasteiger partial charge is 0.339 e. The molecule has 0 radical (unpaired) electrons. The minimum Gasteiger partial charge on any atom is -0.465 e. The van der Waals surface area contributed by atoms with Crippen molar-refractivity contribution >= 4 is 45.1 Å². The second kappa shape index (κ2) is 10.7. The summed E-state index contributed by atoms with van der Waals surface area (Å²) in [4.78, 5) is 47.8. The van der Waals surface area contributed by atoms with Gasteiger partial charge in [0.2, 0.25) is 0 Å². The summed E-state index contributed by atoms with van der Waals surface area (Å²) >= 11 is 2.71. The lowest BCUT2D eigenvalue weighted by Crippen LogP contribution is -2.24. The number of carbonyl (C=O) groups excluding carboxylic acids is 2. The lowest BCUT2D eigenvalue weighted by Gasteiger charge is -2.12. The number of methoxy groups -OCH3 is 1. The van der Waals surface area contributed by atoms with Gasteiger partial charge >= 0.3 is 5.97 Å². The van der Waals surface area contributed by atoms with Crippen molar-refractivity contribution in [3.63, 3.8) is 0 Å². The zero-order chi connectivity index (χ0) is 24.3. The van der Waals surface area contributed by atoms with Crippen LogP contribution in [0.1, 0.15) is 55.9 Å². The van der Waals surface area contributed by atoms with Gasteiger partial charge in [-0.15, -0.1) is 11.3 Å². The van der Waals surface area contributed by atoms with E-state index in [1.807, 2.05) is 20.8 Å². The van der Waals surface area contributed by atoms with Gasteiger partial charge in [0.05, 0.1) is 29.5 Å². The van der Waals surface area contributed by atoms with E-state index in [9.17, 15) is 14.4 Å². The number of aryl methyl sites for hydroxylation is 3. The number of fused-ring (bicyclic) bond motifs is 1. The Bertz CT molecular complexity index is 1260. The molecule has 3 aromatic rings. The largest absolute Gasteiger partial charge is 0.465 e. The van der Waals surface area contributed by atoms with Gasteiger partial charge in [-0.05, 0) is 52.2 Å². The van der Waals surface area contributed by atoms with E-state index in [2.05, 4.69) is 4.98 Å². The number of nitrogens with one attached hydrogen (secondary N) is 1. The normalized spacial score (nSPS) is 11.3. The first-order valence-corrected chi connectivity index (χ1v) is 12.5. The van der Waals surface area contributed by atoms with Gasteiger partial charge in [0.1, 0.15) is 4.83 Å². The topological polar surface area (TPSA) is 103 Å². The maximum absolute atomic E-state index is 13.3. The Morgan fingerprint density at radius 2 is 1.91 bits per heavy atom. The fourth-order valence-electron chi connectivity index (χ4n) is 3.72. The number of thioether (sulfide) groups is 1. The number of thiophene rings is 1. The van der Waals surface area contributed by atoms with Gasteiger partial charge in [-0.3, -0.25) is 14.2 Å². The van der Waals surface area contributed by atoms with Crippen LogP contribution in [0.2, 0.25) is 0 Å². The fourth-order valence-corrected chi connectivity index (χ4v) is 5.69. The molecule has 3 heterocycles. The van der Waals surface area contributed by atoms with Crippen LogP contribution in [0.15, 0.2) is 9.95 Å². The molecule has 8 nitrogen and oxygen atoms in total. The first-order valence-electron chi connectivity index (χ1n) is 10.7. The summed E-state index contributed by atoms with van der Waals surface area (Å²) in [6.07, 6.45) is 0.669. The molecule has 33 heavy (non-hydrogen) atoms. The molecule has 0 unspecified atom stereocenters. The van der Waals surface area contributed by atoms with Crippen LogP contribution in [0.5, 0.6) is 0 Å². The van der Waals surface area contributed by atoms with Crippen LogP contribution < -0.4 is 5.56 Å². The van der Waals surface area contributed by atoms with Crippen molar-refractivity contribution in [2.75, 3.05) is 26.1 Å². The Hall–Kier alpha value is -2.43. The molecule has 0 aromatic carbocycles. The van der Waals surface area contributed by atoms with Crippen molar-refractivity contribution < 1.29 is 19.1 Å². The van der Waals surface area contributed by atoms with Crippen molar-refractivity contribution in [1.82, 2.24) is 14.5 Å². The summed E-state index contributed by atoms with van der Waals surface area (Å²) in [5.74, 6) is -0.579. The van der Waals surface area contributed by atoms with E-state index in [-0.39, 0.29) is 17.1 Å². The van der Waals surface area contributed by atoms with Gasteiger partial charge in [-0.25, -0.2) is 9.78 Å². The van der Waals surface area contributed by atoms with Crippen molar-refractivity contribution in [2.45, 2.75) is 52.7 Å². The number of esters is 1. The molecule has 0 amide bonds. The van der Waals surface area contributed by atoms with E-state index in [1.54, 1.807) is 18.4 Å². The molecule has 0 aliphatic rings. The van der Waals surface area contributed by atoms with E-state index in [4.69, 9.17) is 14.5 Å². The molecule has 1 N–H and O–H groups in total. The Labute approximate surface area is 200 Å². The van der Waals surface area contributed by atoms with Crippen LogP contribution in [-0.2, 0) is 16.0 Å². The molecule has 0 aliphatic carbocycles. The second-order valence-electron chi connectivity index (χ2n) is 7.69. The number of hydrogen-bond acceptors (Lipinski definition) is 8. The van der Waals surface area contributed by atoms with E-state index >= 15 is 0 Å². The van der Waals surface area contributed by atoms with Gasteiger partial charge < -0.3 is 14.5 Å². The summed E-state index contributed by atoms with van der Waals surface area (Å²) in [7, 11) is 1.31. The van der Waals surface area contributed by atoms with Crippen LogP contribution in [0.3, 0.4) is 0 Å². The number of Topliss-reactive ketones (excluding diaryl/α,β-unsaturated/α-hetero) is 1. The predicted octanol–water partition coefficient (Wildman–Crippen LogP) is 4.21. The maximum Gasteiger partial charge on any atom is 0.339 e. The SMILES string of the molecule is CCOCCCn1c(SCC(=O)c2[nH]c(C)c(C(=O)OC)c2C)nc2sc(C)c(C)c2c1=O. The lowest BCUT2D eigenvalue weighted by molar-refractivity contribution is 0.0599. The van der Waals surface area contributed by atoms with Gasteiger partial charge in [0, 0.05) is 30.3 Å². The molecule has 0 fully saturated rings. The monoisotopic (exact) mass is 491 g/mol. The van der Waals surface area contributed by atoms with Gasteiger partial charge in [0.25, 0.3) is 5.56 Å². The molecular formula is C23H29N3O5S2.